The van der Waals surface area contributed by atoms with Gasteiger partial charge in [0, 0.05) is 44.3 Å². The molecule has 32 heavy (non-hydrogen) atoms. The Morgan fingerprint density at radius 1 is 1.06 bits per heavy atom. The van der Waals surface area contributed by atoms with Crippen LogP contribution in [0, 0.1) is 5.92 Å². The minimum atomic E-state index is 0.00824. The number of benzene rings is 2. The van der Waals surface area contributed by atoms with Gasteiger partial charge in [-0.25, -0.2) is 0 Å². The van der Waals surface area contributed by atoms with Gasteiger partial charge >= 0.3 is 0 Å². The lowest BCUT2D eigenvalue weighted by Crippen LogP contribution is -2.49. The third kappa shape index (κ3) is 4.80. The molecule has 1 unspecified atom stereocenters. The Hall–Kier alpha value is -2.86. The van der Waals surface area contributed by atoms with Gasteiger partial charge < -0.3 is 20.0 Å². The molecule has 1 saturated heterocycles. The molecule has 0 bridgehead atoms. The molecule has 0 aromatic heterocycles. The number of carbonyl (C=O) groups is 2. The first-order valence-electron chi connectivity index (χ1n) is 11.6. The van der Waals surface area contributed by atoms with Gasteiger partial charge in [-0.2, -0.15) is 0 Å². The van der Waals surface area contributed by atoms with E-state index in [1.54, 1.807) is 0 Å². The van der Waals surface area contributed by atoms with Crippen molar-refractivity contribution in [1.29, 1.82) is 0 Å². The van der Waals surface area contributed by atoms with Crippen LogP contribution in [0.3, 0.4) is 0 Å². The van der Waals surface area contributed by atoms with Crippen LogP contribution in [0.5, 0.6) is 0 Å². The second-order valence-corrected chi connectivity index (χ2v) is 9.39. The summed E-state index contributed by atoms with van der Waals surface area (Å²) in [7, 11) is 4.11. The molecule has 1 N–H and O–H groups in total. The maximum absolute atomic E-state index is 13.9. The Bertz CT molecular complexity index is 971. The van der Waals surface area contributed by atoms with Crippen molar-refractivity contribution in [2.24, 2.45) is 5.92 Å². The van der Waals surface area contributed by atoms with Crippen molar-refractivity contribution in [2.75, 3.05) is 43.9 Å². The molecule has 1 aliphatic carbocycles. The lowest BCUT2D eigenvalue weighted by Gasteiger charge is -2.41. The van der Waals surface area contributed by atoms with Gasteiger partial charge in [-0.1, -0.05) is 30.3 Å². The quantitative estimate of drug-likeness (QED) is 0.746. The molecule has 2 amide bonds. The number of anilines is 2. The van der Waals surface area contributed by atoms with Crippen molar-refractivity contribution >= 4 is 23.2 Å². The smallest absolute Gasteiger partial charge is 0.256 e. The summed E-state index contributed by atoms with van der Waals surface area (Å²) in [5.74, 6) is 0.250. The molecule has 6 heteroatoms. The van der Waals surface area contributed by atoms with Crippen LogP contribution < -0.4 is 10.2 Å². The fraction of sp³-hybridized carbons (Fsp3) is 0.462. The van der Waals surface area contributed by atoms with Gasteiger partial charge in [-0.15, -0.1) is 0 Å². The first kappa shape index (κ1) is 22.3. The Morgan fingerprint density at radius 2 is 1.78 bits per heavy atom. The van der Waals surface area contributed by atoms with Crippen LogP contribution in [0.1, 0.15) is 48.7 Å². The standard InChI is InChI=1S/C26H34N4O2/c1-18(2)29(4)23-16-21(27-25(31)20-10-11-20)12-13-22(23)26(32)30-15-14-28(3)17-24(30)19-8-6-5-7-9-19/h5-9,12-13,16,18,20,24H,10-11,14-15,17H2,1-4H3,(H,27,31). The first-order valence-corrected chi connectivity index (χ1v) is 11.6. The summed E-state index contributed by atoms with van der Waals surface area (Å²) >= 11 is 0. The zero-order valence-corrected chi connectivity index (χ0v) is 19.5. The van der Waals surface area contributed by atoms with E-state index in [0.29, 0.717) is 12.1 Å². The molecule has 0 spiro atoms. The van der Waals surface area contributed by atoms with E-state index in [4.69, 9.17) is 0 Å². The van der Waals surface area contributed by atoms with E-state index in [-0.39, 0.29) is 29.8 Å². The van der Waals surface area contributed by atoms with Gasteiger partial charge in [0.2, 0.25) is 5.91 Å². The van der Waals surface area contributed by atoms with Crippen molar-refractivity contribution in [2.45, 2.75) is 38.8 Å². The van der Waals surface area contributed by atoms with Crippen LogP contribution in [0.4, 0.5) is 11.4 Å². The van der Waals surface area contributed by atoms with Crippen LogP contribution >= 0.6 is 0 Å². The monoisotopic (exact) mass is 434 g/mol. The number of hydrogen-bond donors (Lipinski definition) is 1. The van der Waals surface area contributed by atoms with Gasteiger partial charge in [-0.3, -0.25) is 9.59 Å². The highest BCUT2D eigenvalue weighted by Crippen LogP contribution is 2.33. The molecule has 2 fully saturated rings. The van der Waals surface area contributed by atoms with Gasteiger partial charge in [0.25, 0.3) is 5.91 Å². The lowest BCUT2D eigenvalue weighted by atomic mass is 10.00. The van der Waals surface area contributed by atoms with E-state index in [2.05, 4.69) is 48.1 Å². The largest absolute Gasteiger partial charge is 0.371 e. The summed E-state index contributed by atoms with van der Waals surface area (Å²) in [6.07, 6.45) is 1.93. The minimum absolute atomic E-state index is 0.00824. The highest BCUT2D eigenvalue weighted by molar-refractivity contribution is 6.02. The summed E-state index contributed by atoms with van der Waals surface area (Å²) in [5, 5.41) is 3.03. The van der Waals surface area contributed by atoms with E-state index in [1.807, 2.05) is 48.3 Å². The van der Waals surface area contributed by atoms with Gasteiger partial charge in [0.1, 0.15) is 0 Å². The van der Waals surface area contributed by atoms with Crippen molar-refractivity contribution in [3.8, 4) is 0 Å². The first-order chi connectivity index (χ1) is 15.3. The summed E-state index contributed by atoms with van der Waals surface area (Å²) < 4.78 is 0. The number of carbonyl (C=O) groups excluding carboxylic acids is 2. The molecule has 170 valence electrons. The molecule has 1 saturated carbocycles. The Balaban J connectivity index is 1.66. The lowest BCUT2D eigenvalue weighted by molar-refractivity contribution is -0.117. The Kier molecular flexibility index (Phi) is 6.51. The molecule has 1 atom stereocenters. The fourth-order valence-electron chi connectivity index (χ4n) is 4.23. The fourth-order valence-corrected chi connectivity index (χ4v) is 4.23. The minimum Gasteiger partial charge on any atom is -0.371 e. The maximum Gasteiger partial charge on any atom is 0.256 e. The molecular formula is C26H34N4O2. The molecule has 6 nitrogen and oxygen atoms in total. The summed E-state index contributed by atoms with van der Waals surface area (Å²) in [5.41, 5.74) is 3.43. The third-order valence-corrected chi connectivity index (χ3v) is 6.63. The SMILES string of the molecule is CC(C)N(C)c1cc(NC(=O)C2CC2)ccc1C(=O)N1CCN(C)CC1c1ccccc1. The number of hydrogen-bond acceptors (Lipinski definition) is 4. The van der Waals surface area contributed by atoms with E-state index in [1.165, 1.54) is 0 Å². The van der Waals surface area contributed by atoms with E-state index in [0.717, 1.165) is 42.9 Å². The Morgan fingerprint density at radius 3 is 2.44 bits per heavy atom. The molecule has 4 rings (SSSR count). The molecule has 1 heterocycles. The highest BCUT2D eigenvalue weighted by Gasteiger charge is 2.33. The van der Waals surface area contributed by atoms with Gasteiger partial charge in [-0.05, 0) is 57.5 Å². The third-order valence-electron chi connectivity index (χ3n) is 6.63. The number of nitrogens with zero attached hydrogens (tertiary/aromatic N) is 3. The van der Waals surface area contributed by atoms with Crippen LogP contribution in [-0.4, -0.2) is 61.4 Å². The molecule has 2 aromatic rings. The molecule has 2 aromatic carbocycles. The number of nitrogens with one attached hydrogen (secondary N) is 1. The van der Waals surface area contributed by atoms with Crippen LogP contribution in [0.25, 0.3) is 0 Å². The van der Waals surface area contributed by atoms with Gasteiger partial charge in [0.05, 0.1) is 17.3 Å². The van der Waals surface area contributed by atoms with Crippen LogP contribution in [-0.2, 0) is 4.79 Å². The van der Waals surface area contributed by atoms with E-state index < -0.39 is 0 Å². The number of likely N-dealkylation sites (N-methyl/N-ethyl adjacent to an activating group) is 1. The summed E-state index contributed by atoms with van der Waals surface area (Å²) in [6, 6.07) is 16.2. The van der Waals surface area contributed by atoms with Crippen LogP contribution in [0.15, 0.2) is 48.5 Å². The Labute approximate surface area is 191 Å². The summed E-state index contributed by atoms with van der Waals surface area (Å²) in [4.78, 5) is 32.6. The van der Waals surface area contributed by atoms with E-state index in [9.17, 15) is 9.59 Å². The normalized spacial score (nSPS) is 19.2. The van der Waals surface area contributed by atoms with Crippen molar-refractivity contribution in [3.63, 3.8) is 0 Å². The van der Waals surface area contributed by atoms with Gasteiger partial charge in [0.15, 0.2) is 0 Å². The summed E-state index contributed by atoms with van der Waals surface area (Å²) in [6.45, 7) is 6.54. The second-order valence-electron chi connectivity index (χ2n) is 9.39. The number of rotatable bonds is 6. The topological polar surface area (TPSA) is 55.9 Å². The highest BCUT2D eigenvalue weighted by atomic mass is 16.2. The van der Waals surface area contributed by atoms with Crippen LogP contribution in [0.2, 0.25) is 0 Å². The average Bonchev–Trinajstić information content (AvgIpc) is 3.64. The maximum atomic E-state index is 13.9. The van der Waals surface area contributed by atoms with Crippen molar-refractivity contribution in [3.05, 3.63) is 59.7 Å². The predicted octanol–water partition coefficient (Wildman–Crippen LogP) is 4.01. The average molecular weight is 435 g/mol. The predicted molar refractivity (Wildman–Crippen MR) is 129 cm³/mol. The second kappa shape index (κ2) is 9.33. The molecule has 0 radical (unpaired) electrons. The molecule has 1 aliphatic heterocycles. The van der Waals surface area contributed by atoms with E-state index >= 15 is 0 Å². The zero-order chi connectivity index (χ0) is 22.8. The van der Waals surface area contributed by atoms with Crippen molar-refractivity contribution in [1.82, 2.24) is 9.80 Å². The molecular weight excluding hydrogens is 400 g/mol. The number of piperazine rings is 1. The van der Waals surface area contributed by atoms with Crippen molar-refractivity contribution < 1.29 is 9.59 Å². The number of amides is 2. The zero-order valence-electron chi connectivity index (χ0n) is 19.5. The molecule has 2 aliphatic rings.